The Labute approximate surface area is 95.9 Å². The van der Waals surface area contributed by atoms with E-state index in [1.165, 1.54) is 11.1 Å². The smallest absolute Gasteiger partial charge is 0.0946 e. The minimum absolute atomic E-state index is 0.105. The molecule has 1 aromatic carbocycles. The Bertz CT molecular complexity index is 500. The van der Waals surface area contributed by atoms with E-state index in [9.17, 15) is 0 Å². The van der Waals surface area contributed by atoms with Crippen LogP contribution in [-0.2, 0) is 7.05 Å². The summed E-state index contributed by atoms with van der Waals surface area (Å²) in [6.45, 7) is 4.21. The summed E-state index contributed by atoms with van der Waals surface area (Å²) < 4.78 is 1.96. The number of aryl methyl sites for hydroxylation is 3. The first kappa shape index (κ1) is 10.9. The van der Waals surface area contributed by atoms with Gasteiger partial charge < -0.3 is 10.3 Å². The van der Waals surface area contributed by atoms with Crippen LogP contribution in [0.2, 0.25) is 0 Å². The Hall–Kier alpha value is -1.61. The second kappa shape index (κ2) is 4.10. The Morgan fingerprint density at radius 1 is 1.25 bits per heavy atom. The summed E-state index contributed by atoms with van der Waals surface area (Å²) in [5, 5.41) is 0. The fourth-order valence-electron chi connectivity index (χ4n) is 1.80. The minimum Gasteiger partial charge on any atom is -0.336 e. The van der Waals surface area contributed by atoms with Gasteiger partial charge in [-0.25, -0.2) is 4.98 Å². The quantitative estimate of drug-likeness (QED) is 0.833. The monoisotopic (exact) mass is 215 g/mol. The van der Waals surface area contributed by atoms with E-state index in [1.807, 2.05) is 17.8 Å². The second-order valence-electron chi connectivity index (χ2n) is 4.25. The molecule has 84 valence electrons. The van der Waals surface area contributed by atoms with Crippen molar-refractivity contribution in [3.05, 3.63) is 53.1 Å². The molecule has 0 radical (unpaired) electrons. The molecule has 0 saturated heterocycles. The number of benzene rings is 1. The van der Waals surface area contributed by atoms with Crippen molar-refractivity contribution in [1.29, 1.82) is 0 Å². The molecule has 0 fully saturated rings. The summed E-state index contributed by atoms with van der Waals surface area (Å²) in [5.41, 5.74) is 10.9. The average molecular weight is 215 g/mol. The lowest BCUT2D eigenvalue weighted by atomic mass is 10.00. The molecule has 1 aromatic heterocycles. The maximum absolute atomic E-state index is 6.22. The third kappa shape index (κ3) is 1.86. The molecule has 0 aliphatic rings. The lowest BCUT2D eigenvalue weighted by Gasteiger charge is -2.14. The molecule has 0 amide bonds. The van der Waals surface area contributed by atoms with Crippen LogP contribution in [0.5, 0.6) is 0 Å². The molecule has 0 aliphatic heterocycles. The van der Waals surface area contributed by atoms with Crippen molar-refractivity contribution in [2.75, 3.05) is 0 Å². The first-order valence-corrected chi connectivity index (χ1v) is 5.38. The molecule has 3 nitrogen and oxygen atoms in total. The third-order valence-corrected chi connectivity index (χ3v) is 3.06. The Balaban J connectivity index is 2.38. The molecule has 0 bridgehead atoms. The van der Waals surface area contributed by atoms with E-state index in [0.29, 0.717) is 0 Å². The van der Waals surface area contributed by atoms with E-state index in [1.54, 1.807) is 6.33 Å². The number of rotatable bonds is 2. The highest BCUT2D eigenvalue weighted by Crippen LogP contribution is 2.20. The second-order valence-corrected chi connectivity index (χ2v) is 4.25. The van der Waals surface area contributed by atoms with E-state index in [4.69, 9.17) is 5.73 Å². The summed E-state index contributed by atoms with van der Waals surface area (Å²) in [7, 11) is 1.96. The van der Waals surface area contributed by atoms with Crippen molar-refractivity contribution in [3.8, 4) is 0 Å². The van der Waals surface area contributed by atoms with Gasteiger partial charge in [-0.3, -0.25) is 0 Å². The van der Waals surface area contributed by atoms with Crippen LogP contribution in [0.3, 0.4) is 0 Å². The fourth-order valence-corrected chi connectivity index (χ4v) is 1.80. The number of hydrogen-bond donors (Lipinski definition) is 1. The fraction of sp³-hybridized carbons (Fsp3) is 0.308. The molecule has 1 atom stereocenters. The molecule has 2 rings (SSSR count). The first-order chi connectivity index (χ1) is 7.59. The van der Waals surface area contributed by atoms with Gasteiger partial charge in [-0.15, -0.1) is 0 Å². The standard InChI is InChI=1S/C13H17N3/c1-9-4-5-11(6-10(9)2)13(14)12-7-15-8-16(12)3/h4-8,13H,14H2,1-3H3. The summed E-state index contributed by atoms with van der Waals surface area (Å²) in [4.78, 5) is 4.09. The van der Waals surface area contributed by atoms with Crippen molar-refractivity contribution < 1.29 is 0 Å². The van der Waals surface area contributed by atoms with Crippen molar-refractivity contribution in [3.63, 3.8) is 0 Å². The Morgan fingerprint density at radius 3 is 2.56 bits per heavy atom. The maximum atomic E-state index is 6.22. The van der Waals surface area contributed by atoms with Crippen LogP contribution in [-0.4, -0.2) is 9.55 Å². The number of imidazole rings is 1. The van der Waals surface area contributed by atoms with Crippen LogP contribution < -0.4 is 5.73 Å². The van der Waals surface area contributed by atoms with Gasteiger partial charge in [0.05, 0.1) is 24.3 Å². The summed E-state index contributed by atoms with van der Waals surface area (Å²) in [5.74, 6) is 0. The summed E-state index contributed by atoms with van der Waals surface area (Å²) >= 11 is 0. The highest BCUT2D eigenvalue weighted by Gasteiger charge is 2.12. The van der Waals surface area contributed by atoms with Crippen LogP contribution >= 0.6 is 0 Å². The number of nitrogens with zero attached hydrogens (tertiary/aromatic N) is 2. The number of aromatic nitrogens is 2. The van der Waals surface area contributed by atoms with Gasteiger partial charge in [0.2, 0.25) is 0 Å². The lowest BCUT2D eigenvalue weighted by Crippen LogP contribution is -2.15. The zero-order chi connectivity index (χ0) is 11.7. The van der Waals surface area contributed by atoms with E-state index < -0.39 is 0 Å². The topological polar surface area (TPSA) is 43.8 Å². The van der Waals surface area contributed by atoms with Crippen LogP contribution in [0.15, 0.2) is 30.7 Å². The van der Waals surface area contributed by atoms with Gasteiger partial charge in [0.25, 0.3) is 0 Å². The normalized spacial score (nSPS) is 12.8. The van der Waals surface area contributed by atoms with Crippen LogP contribution in [0, 0.1) is 13.8 Å². The van der Waals surface area contributed by atoms with Crippen LogP contribution in [0.25, 0.3) is 0 Å². The van der Waals surface area contributed by atoms with Crippen molar-refractivity contribution >= 4 is 0 Å². The molecule has 16 heavy (non-hydrogen) atoms. The van der Waals surface area contributed by atoms with E-state index >= 15 is 0 Å². The molecular weight excluding hydrogens is 198 g/mol. The SMILES string of the molecule is Cc1ccc(C(N)c2cncn2C)cc1C. The number of nitrogens with two attached hydrogens (primary N) is 1. The summed E-state index contributed by atoms with van der Waals surface area (Å²) in [6.07, 6.45) is 3.59. The third-order valence-electron chi connectivity index (χ3n) is 3.06. The molecule has 0 saturated carbocycles. The largest absolute Gasteiger partial charge is 0.336 e. The Kier molecular flexibility index (Phi) is 2.79. The average Bonchev–Trinajstić information content (AvgIpc) is 2.67. The molecule has 0 aliphatic carbocycles. The Morgan fingerprint density at radius 2 is 2.00 bits per heavy atom. The summed E-state index contributed by atoms with van der Waals surface area (Å²) in [6, 6.07) is 6.24. The predicted octanol–water partition coefficient (Wildman–Crippen LogP) is 2.09. The van der Waals surface area contributed by atoms with Gasteiger partial charge in [0.15, 0.2) is 0 Å². The van der Waals surface area contributed by atoms with Crippen LogP contribution in [0.4, 0.5) is 0 Å². The van der Waals surface area contributed by atoms with Gasteiger partial charge in [-0.1, -0.05) is 18.2 Å². The molecule has 0 spiro atoms. The zero-order valence-electron chi connectivity index (χ0n) is 9.94. The molecular formula is C13H17N3. The maximum Gasteiger partial charge on any atom is 0.0946 e. The van der Waals surface area contributed by atoms with E-state index in [2.05, 4.69) is 37.0 Å². The van der Waals surface area contributed by atoms with Crippen molar-refractivity contribution in [1.82, 2.24) is 9.55 Å². The molecule has 2 aromatic rings. The van der Waals surface area contributed by atoms with Crippen molar-refractivity contribution in [2.24, 2.45) is 12.8 Å². The molecule has 1 heterocycles. The van der Waals surface area contributed by atoms with Gasteiger partial charge in [0.1, 0.15) is 0 Å². The van der Waals surface area contributed by atoms with Crippen LogP contribution in [0.1, 0.15) is 28.4 Å². The number of hydrogen-bond acceptors (Lipinski definition) is 2. The highest BCUT2D eigenvalue weighted by molar-refractivity contribution is 5.34. The minimum atomic E-state index is -0.105. The zero-order valence-corrected chi connectivity index (χ0v) is 9.94. The van der Waals surface area contributed by atoms with E-state index in [-0.39, 0.29) is 6.04 Å². The molecule has 2 N–H and O–H groups in total. The van der Waals surface area contributed by atoms with E-state index in [0.717, 1.165) is 11.3 Å². The van der Waals surface area contributed by atoms with Gasteiger partial charge in [-0.2, -0.15) is 0 Å². The van der Waals surface area contributed by atoms with Gasteiger partial charge in [0, 0.05) is 7.05 Å². The van der Waals surface area contributed by atoms with Gasteiger partial charge >= 0.3 is 0 Å². The van der Waals surface area contributed by atoms with Crippen molar-refractivity contribution in [2.45, 2.75) is 19.9 Å². The first-order valence-electron chi connectivity index (χ1n) is 5.38. The predicted molar refractivity (Wildman–Crippen MR) is 65.2 cm³/mol. The van der Waals surface area contributed by atoms with Gasteiger partial charge in [-0.05, 0) is 30.5 Å². The highest BCUT2D eigenvalue weighted by atomic mass is 15.0. The lowest BCUT2D eigenvalue weighted by molar-refractivity contribution is 0.745. The molecule has 1 unspecified atom stereocenters. The molecule has 3 heteroatoms.